The Morgan fingerprint density at radius 1 is 0.643 bits per heavy atom. The second-order valence-corrected chi connectivity index (χ2v) is 7.25. The van der Waals surface area contributed by atoms with Crippen LogP contribution >= 0.6 is 0 Å². The van der Waals surface area contributed by atoms with Gasteiger partial charge in [-0.2, -0.15) is 61.5 Å². The molecular weight excluding hydrogens is 617 g/mol. The summed E-state index contributed by atoms with van der Waals surface area (Å²) in [6, 6.07) is 11.3. The van der Waals surface area contributed by atoms with Crippen LogP contribution in [-0.2, 0) is 0 Å². The number of alkyl halides is 14. The summed E-state index contributed by atoms with van der Waals surface area (Å²) in [6.45, 7) is 0. The predicted molar refractivity (Wildman–Crippen MR) is 114 cm³/mol. The Labute approximate surface area is 240 Å². The molecule has 0 spiro atoms. The van der Waals surface area contributed by atoms with Crippen molar-refractivity contribution in [1.29, 1.82) is 0 Å². The van der Waals surface area contributed by atoms with Crippen LogP contribution in [0.4, 0.5) is 61.5 Å². The average Bonchev–Trinajstić information content (AvgIpc) is 2.78. The van der Waals surface area contributed by atoms with Crippen LogP contribution in [0.3, 0.4) is 0 Å². The van der Waals surface area contributed by atoms with Crippen LogP contribution in [0, 0.1) is 7.43 Å². The molecule has 0 aliphatic rings. The Morgan fingerprint density at radius 3 is 1.31 bits per heavy atom. The molecule has 0 aliphatic carbocycles. The van der Waals surface area contributed by atoms with E-state index in [1.807, 2.05) is 0 Å². The van der Waals surface area contributed by atoms with E-state index in [2.05, 4.69) is 0 Å². The fourth-order valence-electron chi connectivity index (χ4n) is 2.45. The normalized spacial score (nSPS) is 12.7. The smallest absolute Gasteiger partial charge is 0.870 e. The van der Waals surface area contributed by atoms with Gasteiger partial charge in [-0.3, -0.25) is 4.79 Å². The summed E-state index contributed by atoms with van der Waals surface area (Å²) in [5, 5.41) is 9.02. The third-order valence-corrected chi connectivity index (χ3v) is 4.53. The summed E-state index contributed by atoms with van der Waals surface area (Å²) in [7, 11) is 0. The Kier molecular flexibility index (Phi) is 19.9. The van der Waals surface area contributed by atoms with E-state index in [9.17, 15) is 66.3 Å². The summed E-state index contributed by atoms with van der Waals surface area (Å²) in [4.78, 5) is 11.3. The predicted octanol–water partition coefficient (Wildman–Crippen LogP) is 3.27. The number of ketones is 1. The Bertz CT molecular complexity index is 1030. The molecule has 0 saturated heterocycles. The first-order valence-electron chi connectivity index (χ1n) is 9.46. The molecule has 1 atom stereocenters. The van der Waals surface area contributed by atoms with Gasteiger partial charge < -0.3 is 29.0 Å². The van der Waals surface area contributed by atoms with Crippen molar-refractivity contribution in [3.8, 4) is 0 Å². The van der Waals surface area contributed by atoms with Crippen LogP contribution in [0.5, 0.6) is 0 Å². The maximum Gasteiger partial charge on any atom is 1.00 e. The molecule has 6 N–H and O–H groups in total. The molecule has 42 heavy (non-hydrogen) atoms. The van der Waals surface area contributed by atoms with Gasteiger partial charge >= 0.3 is 54.9 Å². The number of benzene rings is 2. The van der Waals surface area contributed by atoms with Crippen molar-refractivity contribution in [3.05, 3.63) is 79.2 Å². The van der Waals surface area contributed by atoms with Gasteiger partial charge in [-0.15, -0.1) is 0 Å². The third-order valence-electron chi connectivity index (χ3n) is 4.53. The summed E-state index contributed by atoms with van der Waals surface area (Å²) < 4.78 is 173. The molecule has 2 aromatic rings. The third kappa shape index (κ3) is 10.7. The van der Waals surface area contributed by atoms with E-state index in [1.165, 1.54) is 24.3 Å². The zero-order valence-electron chi connectivity index (χ0n) is 21.2. The van der Waals surface area contributed by atoms with E-state index in [4.69, 9.17) is 5.11 Å². The van der Waals surface area contributed by atoms with Gasteiger partial charge in [0.05, 0.1) is 6.42 Å². The molecule has 0 heterocycles. The van der Waals surface area contributed by atoms with Crippen LogP contribution in [0.25, 0.3) is 0 Å². The molecule has 0 aliphatic heterocycles. The van der Waals surface area contributed by atoms with E-state index in [0.717, 1.165) is 36.4 Å². The first-order chi connectivity index (χ1) is 16.5. The van der Waals surface area contributed by atoms with Crippen molar-refractivity contribution in [1.82, 2.24) is 0 Å². The molecular formula is C22H22F14LiO5-. The summed E-state index contributed by atoms with van der Waals surface area (Å²) >= 11 is 0. The molecule has 0 aromatic heterocycles. The fourth-order valence-corrected chi connectivity index (χ4v) is 2.45. The second-order valence-electron chi connectivity index (χ2n) is 7.25. The van der Waals surface area contributed by atoms with Crippen molar-refractivity contribution in [2.24, 2.45) is 0 Å². The first kappa shape index (κ1) is 49.3. The number of aliphatic hydroxyl groups is 1. The van der Waals surface area contributed by atoms with Gasteiger partial charge in [0.1, 0.15) is 6.10 Å². The molecule has 0 bridgehead atoms. The molecule has 20 heteroatoms. The number of hydrogen-bond donors (Lipinski definition) is 1. The number of hydrogen-bond acceptors (Lipinski definition) is 3. The van der Waals surface area contributed by atoms with E-state index in [-0.39, 0.29) is 48.3 Å². The molecule has 1 unspecified atom stereocenters. The zero-order valence-corrected chi connectivity index (χ0v) is 21.2. The number of carbonyl (C=O) groups is 1. The summed E-state index contributed by atoms with van der Waals surface area (Å²) in [5.74, 6) is -25.2. The standard InChI is InChI=1S/C11H7F7O.C10H7F7O.CH3.Li.3H2O/c12-9(13,10(14,15)11(16,17)18)6-8(19)7-4-2-1-3-5-7;11-8(12,9(13,14)10(15,16)17)7(18)6-4-2-1-3-5-6;;;;;/h1-5H,6H2;1-5,7,18H;1H3;;3*1H2/q;;-1;+1;;;/p-1. The topological polar surface area (TPSA) is 130 Å². The van der Waals surface area contributed by atoms with Crippen molar-refractivity contribution in [3.63, 3.8) is 0 Å². The average molecular weight is 639 g/mol. The number of halogens is 14. The molecule has 0 radical (unpaired) electrons. The van der Waals surface area contributed by atoms with E-state index in [1.54, 1.807) is 0 Å². The molecule has 5 nitrogen and oxygen atoms in total. The first-order valence-corrected chi connectivity index (χ1v) is 9.46. The minimum absolute atomic E-state index is 0. The fraction of sp³-hybridized carbons (Fsp3) is 0.364. The molecule has 0 amide bonds. The Morgan fingerprint density at radius 2 is 0.976 bits per heavy atom. The molecule has 2 aromatic carbocycles. The van der Waals surface area contributed by atoms with Gasteiger partial charge in [-0.25, -0.2) is 0 Å². The number of rotatable bonds is 7. The number of aliphatic hydroxyl groups excluding tert-OH is 1. The van der Waals surface area contributed by atoms with Crippen molar-refractivity contribution in [2.75, 3.05) is 0 Å². The van der Waals surface area contributed by atoms with Gasteiger partial charge in [-0.1, -0.05) is 60.7 Å². The van der Waals surface area contributed by atoms with Crippen molar-refractivity contribution in [2.45, 2.75) is 48.6 Å². The van der Waals surface area contributed by atoms with Gasteiger partial charge in [0.25, 0.3) is 0 Å². The summed E-state index contributed by atoms with van der Waals surface area (Å²) in [5.41, 5.74) is -1.09. The van der Waals surface area contributed by atoms with Gasteiger partial charge in [0, 0.05) is 5.56 Å². The van der Waals surface area contributed by atoms with E-state index in [0.29, 0.717) is 0 Å². The second kappa shape index (κ2) is 17.0. The van der Waals surface area contributed by atoms with Crippen molar-refractivity contribution >= 4 is 5.78 Å². The van der Waals surface area contributed by atoms with Gasteiger partial charge in [-0.05, 0) is 5.56 Å². The van der Waals surface area contributed by atoms with Crippen LogP contribution in [0.2, 0.25) is 0 Å². The quantitative estimate of drug-likeness (QED) is 0.216. The largest absolute Gasteiger partial charge is 1.00 e. The minimum Gasteiger partial charge on any atom is -0.870 e. The molecule has 2 rings (SSSR count). The summed E-state index contributed by atoms with van der Waals surface area (Å²) in [6.07, 6.45) is -18.3. The maximum absolute atomic E-state index is 13.1. The van der Waals surface area contributed by atoms with Crippen LogP contribution < -0.4 is 18.9 Å². The minimum atomic E-state index is -6.45. The monoisotopic (exact) mass is 639 g/mol. The Hall–Kier alpha value is -2.43. The van der Waals surface area contributed by atoms with Crippen LogP contribution in [0.1, 0.15) is 28.4 Å². The molecule has 0 saturated carbocycles. The zero-order chi connectivity index (χ0) is 29.1. The van der Waals surface area contributed by atoms with E-state index < -0.39 is 59.9 Å². The van der Waals surface area contributed by atoms with Crippen LogP contribution in [0.15, 0.2) is 60.7 Å². The molecule has 0 fully saturated rings. The number of Topliss-reactive ketones (excluding diaryl/α,β-unsaturated/α-hetero) is 1. The Balaban J connectivity index is -0.000000194. The SMILES string of the molecule is O.O.O=C(CC(F)(F)C(F)(F)C(F)(F)F)c1ccccc1.OC(c1ccccc1)C(F)(F)C(F)(F)C(F)(F)F.[CH3-].[Li+].[OH-]. The molecule has 240 valence electrons. The number of carbonyl (C=O) groups excluding carboxylic acids is 1. The van der Waals surface area contributed by atoms with Crippen molar-refractivity contribution < 1.29 is 107 Å². The maximum atomic E-state index is 13.1. The van der Waals surface area contributed by atoms with Gasteiger partial charge in [0.15, 0.2) is 5.78 Å². The van der Waals surface area contributed by atoms with Crippen LogP contribution in [-0.4, -0.2) is 63.4 Å². The van der Waals surface area contributed by atoms with E-state index >= 15 is 0 Å². The van der Waals surface area contributed by atoms with Gasteiger partial charge in [0.2, 0.25) is 0 Å².